The second kappa shape index (κ2) is 9.52. The first-order chi connectivity index (χ1) is 11.7. The van der Waals surface area contributed by atoms with Gasteiger partial charge in [0, 0.05) is 30.0 Å². The van der Waals surface area contributed by atoms with E-state index in [1.165, 1.54) is 7.11 Å². The number of anilines is 3. The van der Waals surface area contributed by atoms with E-state index in [0.717, 1.165) is 17.1 Å². The Bertz CT molecular complexity index is 660. The van der Waals surface area contributed by atoms with Gasteiger partial charge >= 0.3 is 5.97 Å². The summed E-state index contributed by atoms with van der Waals surface area (Å²) in [6.07, 6.45) is 1.06. The third-order valence-electron chi connectivity index (χ3n) is 3.28. The number of carbonyl (C=O) groups excluding carboxylic acids is 1. The molecule has 0 aromatic heterocycles. The zero-order chi connectivity index (χ0) is 17.2. The molecule has 126 valence electrons. The zero-order valence-electron chi connectivity index (χ0n) is 13.5. The third-order valence-corrected chi connectivity index (χ3v) is 3.52. The van der Waals surface area contributed by atoms with Crippen molar-refractivity contribution >= 4 is 40.4 Å². The SMILES string of the molecule is COC(=O)CCCNC(=S)Nc1ccc(Nc2ccccc2)cc1. The number of benzene rings is 2. The monoisotopic (exact) mass is 343 g/mol. The molecule has 5 nitrogen and oxygen atoms in total. The van der Waals surface area contributed by atoms with E-state index in [-0.39, 0.29) is 5.97 Å². The number of para-hydroxylation sites is 1. The van der Waals surface area contributed by atoms with Gasteiger partial charge in [0.1, 0.15) is 0 Å². The van der Waals surface area contributed by atoms with E-state index in [1.54, 1.807) is 0 Å². The number of esters is 1. The number of hydrogen-bond acceptors (Lipinski definition) is 4. The Labute approximate surface area is 147 Å². The molecule has 0 fully saturated rings. The first kappa shape index (κ1) is 17.7. The molecule has 0 amide bonds. The highest BCUT2D eigenvalue weighted by Gasteiger charge is 2.01. The quantitative estimate of drug-likeness (QED) is 0.405. The smallest absolute Gasteiger partial charge is 0.305 e. The van der Waals surface area contributed by atoms with E-state index in [9.17, 15) is 4.79 Å². The summed E-state index contributed by atoms with van der Waals surface area (Å²) < 4.78 is 4.59. The number of nitrogens with one attached hydrogen (secondary N) is 3. The van der Waals surface area contributed by atoms with Crippen LogP contribution in [-0.2, 0) is 9.53 Å². The maximum Gasteiger partial charge on any atom is 0.305 e. The molecule has 0 unspecified atom stereocenters. The van der Waals surface area contributed by atoms with E-state index >= 15 is 0 Å². The number of ether oxygens (including phenoxy) is 1. The van der Waals surface area contributed by atoms with Gasteiger partial charge in [0.15, 0.2) is 5.11 Å². The highest BCUT2D eigenvalue weighted by molar-refractivity contribution is 7.80. The minimum atomic E-state index is -0.211. The maximum atomic E-state index is 11.0. The standard InChI is InChI=1S/C18H21N3O2S/c1-23-17(22)8-5-13-19-18(24)21-16-11-9-15(10-12-16)20-14-6-3-2-4-7-14/h2-4,6-7,9-12,20H,5,8,13H2,1H3,(H2,19,21,24). The lowest BCUT2D eigenvalue weighted by Crippen LogP contribution is -2.29. The van der Waals surface area contributed by atoms with Gasteiger partial charge in [0.05, 0.1) is 7.11 Å². The fourth-order valence-corrected chi connectivity index (χ4v) is 2.26. The average molecular weight is 343 g/mol. The predicted molar refractivity (Wildman–Crippen MR) is 102 cm³/mol. The number of thiocarbonyl (C=S) groups is 1. The largest absolute Gasteiger partial charge is 0.469 e. The summed E-state index contributed by atoms with van der Waals surface area (Å²) in [6, 6.07) is 17.9. The molecule has 0 aliphatic carbocycles. The molecule has 0 bridgehead atoms. The van der Waals surface area contributed by atoms with E-state index in [1.807, 2.05) is 54.6 Å². The van der Waals surface area contributed by atoms with Crippen LogP contribution in [0.5, 0.6) is 0 Å². The predicted octanol–water partition coefficient (Wildman–Crippen LogP) is 3.67. The number of methoxy groups -OCH3 is 1. The van der Waals surface area contributed by atoms with Gasteiger partial charge in [-0.1, -0.05) is 18.2 Å². The van der Waals surface area contributed by atoms with Crippen LogP contribution >= 0.6 is 12.2 Å². The molecule has 3 N–H and O–H groups in total. The second-order valence-corrected chi connectivity index (χ2v) is 5.54. The molecule has 2 aromatic rings. The van der Waals surface area contributed by atoms with Crippen LogP contribution in [0, 0.1) is 0 Å². The van der Waals surface area contributed by atoms with Gasteiger partial charge < -0.3 is 20.7 Å². The number of rotatable bonds is 7. The Morgan fingerprint density at radius 1 is 1.00 bits per heavy atom. The van der Waals surface area contributed by atoms with Crippen molar-refractivity contribution < 1.29 is 9.53 Å². The molecule has 2 rings (SSSR count). The summed E-state index contributed by atoms with van der Waals surface area (Å²) in [4.78, 5) is 11.0. The molecule has 0 atom stereocenters. The summed E-state index contributed by atoms with van der Waals surface area (Å²) in [5.74, 6) is -0.211. The zero-order valence-corrected chi connectivity index (χ0v) is 14.4. The number of hydrogen-bond donors (Lipinski definition) is 3. The van der Waals surface area contributed by atoms with Gasteiger partial charge in [-0.2, -0.15) is 0 Å². The Kier molecular flexibility index (Phi) is 7.04. The topological polar surface area (TPSA) is 62.4 Å². The number of carbonyl (C=O) groups is 1. The summed E-state index contributed by atoms with van der Waals surface area (Å²) in [5.41, 5.74) is 2.95. The Morgan fingerprint density at radius 3 is 2.29 bits per heavy atom. The fraction of sp³-hybridized carbons (Fsp3) is 0.222. The van der Waals surface area contributed by atoms with Crippen molar-refractivity contribution in [2.45, 2.75) is 12.8 Å². The lowest BCUT2D eigenvalue weighted by molar-refractivity contribution is -0.140. The molecule has 0 radical (unpaired) electrons. The van der Waals surface area contributed by atoms with E-state index < -0.39 is 0 Å². The van der Waals surface area contributed by atoms with Crippen LogP contribution in [-0.4, -0.2) is 24.7 Å². The summed E-state index contributed by atoms with van der Waals surface area (Å²) >= 11 is 5.23. The minimum absolute atomic E-state index is 0.211. The van der Waals surface area contributed by atoms with Crippen LogP contribution in [0.1, 0.15) is 12.8 Å². The molecule has 0 spiro atoms. The third kappa shape index (κ3) is 6.26. The molecule has 6 heteroatoms. The van der Waals surface area contributed by atoms with Crippen molar-refractivity contribution in [2.24, 2.45) is 0 Å². The summed E-state index contributed by atoms with van der Waals surface area (Å²) in [5, 5.41) is 10.0. The van der Waals surface area contributed by atoms with Crippen LogP contribution < -0.4 is 16.0 Å². The first-order valence-corrected chi connectivity index (χ1v) is 8.12. The second-order valence-electron chi connectivity index (χ2n) is 5.13. The Hall–Kier alpha value is -2.60. The van der Waals surface area contributed by atoms with Crippen LogP contribution in [0.15, 0.2) is 54.6 Å². The van der Waals surface area contributed by atoms with Crippen molar-refractivity contribution in [3.63, 3.8) is 0 Å². The van der Waals surface area contributed by atoms with Gasteiger partial charge in [-0.3, -0.25) is 4.79 Å². The van der Waals surface area contributed by atoms with Crippen molar-refractivity contribution in [3.05, 3.63) is 54.6 Å². The van der Waals surface area contributed by atoms with Crippen molar-refractivity contribution in [1.82, 2.24) is 5.32 Å². The molecule has 0 saturated carbocycles. The normalized spacial score (nSPS) is 9.88. The van der Waals surface area contributed by atoms with Gasteiger partial charge in [0.2, 0.25) is 0 Å². The molecule has 24 heavy (non-hydrogen) atoms. The first-order valence-electron chi connectivity index (χ1n) is 7.71. The van der Waals surface area contributed by atoms with Gasteiger partial charge in [-0.25, -0.2) is 0 Å². The molecule has 0 aliphatic heterocycles. The van der Waals surface area contributed by atoms with Gasteiger partial charge in [-0.15, -0.1) is 0 Å². The lowest BCUT2D eigenvalue weighted by Gasteiger charge is -2.11. The summed E-state index contributed by atoms with van der Waals surface area (Å²) in [6.45, 7) is 0.620. The van der Waals surface area contributed by atoms with Crippen LogP contribution in [0.3, 0.4) is 0 Å². The van der Waals surface area contributed by atoms with Crippen LogP contribution in [0.2, 0.25) is 0 Å². The van der Waals surface area contributed by atoms with Crippen LogP contribution in [0.25, 0.3) is 0 Å². The molecule has 2 aromatic carbocycles. The highest BCUT2D eigenvalue weighted by atomic mass is 32.1. The van der Waals surface area contributed by atoms with Crippen LogP contribution in [0.4, 0.5) is 17.1 Å². The van der Waals surface area contributed by atoms with Gasteiger partial charge in [0.25, 0.3) is 0 Å². The van der Waals surface area contributed by atoms with E-state index in [2.05, 4.69) is 20.7 Å². The molecule has 0 saturated heterocycles. The van der Waals surface area contributed by atoms with E-state index in [0.29, 0.717) is 24.5 Å². The fourth-order valence-electron chi connectivity index (χ4n) is 2.04. The molecular weight excluding hydrogens is 322 g/mol. The average Bonchev–Trinajstić information content (AvgIpc) is 2.61. The Morgan fingerprint density at radius 2 is 1.62 bits per heavy atom. The highest BCUT2D eigenvalue weighted by Crippen LogP contribution is 2.18. The molecule has 0 heterocycles. The van der Waals surface area contributed by atoms with Crippen molar-refractivity contribution in [3.8, 4) is 0 Å². The Balaban J connectivity index is 1.75. The maximum absolute atomic E-state index is 11.0. The van der Waals surface area contributed by atoms with Crippen molar-refractivity contribution in [2.75, 3.05) is 24.3 Å². The lowest BCUT2D eigenvalue weighted by atomic mass is 10.2. The molecule has 0 aliphatic rings. The minimum Gasteiger partial charge on any atom is -0.469 e. The summed E-state index contributed by atoms with van der Waals surface area (Å²) in [7, 11) is 1.39. The molecular formula is C18H21N3O2S. The van der Waals surface area contributed by atoms with Crippen molar-refractivity contribution in [1.29, 1.82) is 0 Å². The van der Waals surface area contributed by atoms with Gasteiger partial charge in [-0.05, 0) is 55.0 Å². The van der Waals surface area contributed by atoms with E-state index in [4.69, 9.17) is 12.2 Å².